The lowest BCUT2D eigenvalue weighted by atomic mass is 9.96. The summed E-state index contributed by atoms with van der Waals surface area (Å²) in [6, 6.07) is 7.96. The Balaban J connectivity index is 2.67. The number of Topliss-reactive ketones (excluding diaryl/α,β-unsaturated/α-hetero) is 1. The topological polar surface area (TPSA) is 26.3 Å². The van der Waals surface area contributed by atoms with Crippen molar-refractivity contribution in [3.63, 3.8) is 0 Å². The lowest BCUT2D eigenvalue weighted by Crippen LogP contribution is -2.06. The Hall–Kier alpha value is -1.31. The van der Waals surface area contributed by atoms with Crippen molar-refractivity contribution < 1.29 is 9.53 Å². The van der Waals surface area contributed by atoms with E-state index in [4.69, 9.17) is 4.74 Å². The number of benzene rings is 1. The molecule has 2 heteroatoms. The van der Waals surface area contributed by atoms with Crippen LogP contribution in [0.3, 0.4) is 0 Å². The minimum atomic E-state index is 0.248. The molecular formula is C13H18O2. The molecule has 0 radical (unpaired) electrons. The standard InChI is InChI=1S/C13H18O2/c1-10(8-11(2)14)9-12-6-4-5-7-13(12)15-3/h4-7,10H,8-9H2,1-3H3. The highest BCUT2D eigenvalue weighted by Gasteiger charge is 2.09. The maximum absolute atomic E-state index is 11.0. The van der Waals surface area contributed by atoms with Crippen molar-refractivity contribution in [3.8, 4) is 5.75 Å². The zero-order valence-electron chi connectivity index (χ0n) is 9.62. The third-order valence-electron chi connectivity index (χ3n) is 2.40. The second-order valence-electron chi connectivity index (χ2n) is 4.03. The zero-order chi connectivity index (χ0) is 11.3. The van der Waals surface area contributed by atoms with Crippen molar-refractivity contribution in [2.75, 3.05) is 7.11 Å². The SMILES string of the molecule is COc1ccccc1CC(C)CC(C)=O. The molecule has 0 amide bonds. The van der Waals surface area contributed by atoms with Gasteiger partial charge >= 0.3 is 0 Å². The first-order valence-electron chi connectivity index (χ1n) is 5.24. The van der Waals surface area contributed by atoms with Gasteiger partial charge in [-0.05, 0) is 30.9 Å². The largest absolute Gasteiger partial charge is 0.496 e. The van der Waals surface area contributed by atoms with Crippen LogP contribution in [0.5, 0.6) is 5.75 Å². The summed E-state index contributed by atoms with van der Waals surface area (Å²) < 4.78 is 5.27. The van der Waals surface area contributed by atoms with Gasteiger partial charge in [0.25, 0.3) is 0 Å². The van der Waals surface area contributed by atoms with Gasteiger partial charge in [0.15, 0.2) is 0 Å². The van der Waals surface area contributed by atoms with Crippen LogP contribution in [0.25, 0.3) is 0 Å². The van der Waals surface area contributed by atoms with Crippen molar-refractivity contribution in [3.05, 3.63) is 29.8 Å². The molecule has 82 valence electrons. The Morgan fingerprint density at radius 1 is 1.40 bits per heavy atom. The zero-order valence-corrected chi connectivity index (χ0v) is 9.62. The van der Waals surface area contributed by atoms with Crippen LogP contribution >= 0.6 is 0 Å². The van der Waals surface area contributed by atoms with Crippen molar-refractivity contribution in [2.24, 2.45) is 5.92 Å². The quantitative estimate of drug-likeness (QED) is 0.740. The van der Waals surface area contributed by atoms with E-state index in [0.29, 0.717) is 12.3 Å². The highest BCUT2D eigenvalue weighted by atomic mass is 16.5. The van der Waals surface area contributed by atoms with Gasteiger partial charge in [-0.15, -0.1) is 0 Å². The number of carbonyl (C=O) groups excluding carboxylic acids is 1. The first kappa shape index (κ1) is 11.8. The fourth-order valence-corrected chi connectivity index (χ4v) is 1.81. The summed E-state index contributed by atoms with van der Waals surface area (Å²) in [4.78, 5) is 11.0. The molecule has 0 N–H and O–H groups in total. The minimum Gasteiger partial charge on any atom is -0.496 e. The van der Waals surface area contributed by atoms with Gasteiger partial charge < -0.3 is 9.53 Å². The second-order valence-corrected chi connectivity index (χ2v) is 4.03. The highest BCUT2D eigenvalue weighted by molar-refractivity contribution is 5.75. The molecule has 0 spiro atoms. The van der Waals surface area contributed by atoms with Gasteiger partial charge in [-0.3, -0.25) is 0 Å². The van der Waals surface area contributed by atoms with E-state index >= 15 is 0 Å². The van der Waals surface area contributed by atoms with Crippen molar-refractivity contribution >= 4 is 5.78 Å². The van der Waals surface area contributed by atoms with E-state index in [1.165, 1.54) is 5.56 Å². The molecule has 15 heavy (non-hydrogen) atoms. The Bertz CT molecular complexity index is 331. The first-order chi connectivity index (χ1) is 7.13. The van der Waals surface area contributed by atoms with Gasteiger partial charge in [-0.25, -0.2) is 0 Å². The first-order valence-corrected chi connectivity index (χ1v) is 5.24. The summed E-state index contributed by atoms with van der Waals surface area (Å²) in [5, 5.41) is 0. The molecule has 2 nitrogen and oxygen atoms in total. The fourth-order valence-electron chi connectivity index (χ4n) is 1.81. The normalized spacial score (nSPS) is 12.2. The predicted molar refractivity (Wildman–Crippen MR) is 61.2 cm³/mol. The molecule has 0 aromatic heterocycles. The van der Waals surface area contributed by atoms with Crippen LogP contribution in [0.1, 0.15) is 25.8 Å². The van der Waals surface area contributed by atoms with Crippen LogP contribution in [0.4, 0.5) is 0 Å². The predicted octanol–water partition coefficient (Wildman–Crippen LogP) is 2.85. The van der Waals surface area contributed by atoms with Crippen molar-refractivity contribution in [1.29, 1.82) is 0 Å². The second kappa shape index (κ2) is 5.54. The van der Waals surface area contributed by atoms with E-state index in [0.717, 1.165) is 12.2 Å². The molecule has 1 atom stereocenters. The number of hydrogen-bond acceptors (Lipinski definition) is 2. The van der Waals surface area contributed by atoms with Gasteiger partial charge in [-0.1, -0.05) is 25.1 Å². The molecule has 1 aromatic carbocycles. The molecule has 0 aliphatic rings. The van der Waals surface area contributed by atoms with Crippen LogP contribution < -0.4 is 4.74 Å². The van der Waals surface area contributed by atoms with Crippen molar-refractivity contribution in [2.45, 2.75) is 26.7 Å². The maximum atomic E-state index is 11.0. The van der Waals surface area contributed by atoms with Crippen LogP contribution in [0.2, 0.25) is 0 Å². The molecule has 1 aromatic rings. The Labute approximate surface area is 91.3 Å². The van der Waals surface area contributed by atoms with E-state index in [2.05, 4.69) is 13.0 Å². The van der Waals surface area contributed by atoms with E-state index in [1.54, 1.807) is 14.0 Å². The van der Waals surface area contributed by atoms with E-state index in [1.807, 2.05) is 18.2 Å². The van der Waals surface area contributed by atoms with E-state index in [9.17, 15) is 4.79 Å². The molecule has 0 heterocycles. The number of ketones is 1. The summed E-state index contributed by atoms with van der Waals surface area (Å²) in [5.41, 5.74) is 1.17. The third-order valence-corrected chi connectivity index (χ3v) is 2.40. The number of methoxy groups -OCH3 is 1. The van der Waals surface area contributed by atoms with Gasteiger partial charge in [0.05, 0.1) is 7.11 Å². The summed E-state index contributed by atoms with van der Waals surface area (Å²) >= 11 is 0. The molecule has 0 aliphatic heterocycles. The van der Waals surface area contributed by atoms with Crippen LogP contribution in [0, 0.1) is 5.92 Å². The summed E-state index contributed by atoms with van der Waals surface area (Å²) in [5.74, 6) is 1.53. The van der Waals surface area contributed by atoms with Gasteiger partial charge in [0.2, 0.25) is 0 Å². The number of hydrogen-bond donors (Lipinski definition) is 0. The molecule has 0 fully saturated rings. The maximum Gasteiger partial charge on any atom is 0.130 e. The van der Waals surface area contributed by atoms with E-state index < -0.39 is 0 Å². The number of para-hydroxylation sites is 1. The molecule has 0 saturated carbocycles. The summed E-state index contributed by atoms with van der Waals surface area (Å²) in [6.07, 6.45) is 1.53. The molecular weight excluding hydrogens is 188 g/mol. The van der Waals surface area contributed by atoms with Gasteiger partial charge in [-0.2, -0.15) is 0 Å². The van der Waals surface area contributed by atoms with Gasteiger partial charge in [0, 0.05) is 6.42 Å². The average Bonchev–Trinajstić information content (AvgIpc) is 2.17. The summed E-state index contributed by atoms with van der Waals surface area (Å²) in [7, 11) is 1.68. The Morgan fingerprint density at radius 2 is 2.07 bits per heavy atom. The summed E-state index contributed by atoms with van der Waals surface area (Å²) in [6.45, 7) is 3.73. The molecule has 0 aliphatic carbocycles. The van der Waals surface area contributed by atoms with Crippen LogP contribution in [0.15, 0.2) is 24.3 Å². The minimum absolute atomic E-state index is 0.248. The molecule has 1 rings (SSSR count). The molecule has 1 unspecified atom stereocenters. The lowest BCUT2D eigenvalue weighted by Gasteiger charge is -2.12. The number of rotatable bonds is 5. The Kier molecular flexibility index (Phi) is 4.35. The van der Waals surface area contributed by atoms with E-state index in [-0.39, 0.29) is 5.78 Å². The average molecular weight is 206 g/mol. The van der Waals surface area contributed by atoms with Crippen LogP contribution in [-0.4, -0.2) is 12.9 Å². The fraction of sp³-hybridized carbons (Fsp3) is 0.462. The monoisotopic (exact) mass is 206 g/mol. The van der Waals surface area contributed by atoms with Crippen LogP contribution in [-0.2, 0) is 11.2 Å². The number of carbonyl (C=O) groups is 1. The Morgan fingerprint density at radius 3 is 2.67 bits per heavy atom. The molecule has 0 bridgehead atoms. The number of ether oxygens (including phenoxy) is 1. The van der Waals surface area contributed by atoms with Crippen molar-refractivity contribution in [1.82, 2.24) is 0 Å². The third kappa shape index (κ3) is 3.74. The lowest BCUT2D eigenvalue weighted by molar-refractivity contribution is -0.117. The highest BCUT2D eigenvalue weighted by Crippen LogP contribution is 2.21. The molecule has 0 saturated heterocycles. The van der Waals surface area contributed by atoms with Gasteiger partial charge in [0.1, 0.15) is 11.5 Å². The smallest absolute Gasteiger partial charge is 0.130 e.